The van der Waals surface area contributed by atoms with E-state index in [-0.39, 0.29) is 15.0 Å². The van der Waals surface area contributed by atoms with Gasteiger partial charge in [0, 0.05) is 0 Å². The van der Waals surface area contributed by atoms with Crippen molar-refractivity contribution in [2.24, 2.45) is 0 Å². The van der Waals surface area contributed by atoms with E-state index < -0.39 is 0 Å². The topological polar surface area (TPSA) is 17.1 Å². The second-order valence-electron chi connectivity index (χ2n) is 4.61. The Balaban J connectivity index is 0.000000396. The molecule has 0 atom stereocenters. The maximum absolute atomic E-state index is 9.20. The van der Waals surface area contributed by atoms with Crippen molar-refractivity contribution in [1.82, 2.24) is 0 Å². The van der Waals surface area contributed by atoms with E-state index >= 15 is 0 Å². The standard InChI is InChI=1S/C18H14.C2H4OSe/c1-3-9-15(10-4-1)17-13-7-8-14-18(17)16-11-5-2-6-12-16;1-4-2-3/h1-14H;2H,1H3. The summed E-state index contributed by atoms with van der Waals surface area (Å²) < 4.78 is 0. The van der Waals surface area contributed by atoms with Gasteiger partial charge in [-0.25, -0.2) is 0 Å². The molecule has 0 saturated heterocycles. The maximum Gasteiger partial charge on any atom is -0.0105 e. The number of hydrogen-bond donors (Lipinski definition) is 0. The first-order valence-electron chi connectivity index (χ1n) is 7.03. The summed E-state index contributed by atoms with van der Waals surface area (Å²) in [6, 6.07) is 29.6. The minimum Gasteiger partial charge on any atom is -0.0622 e. The Bertz CT molecular complexity index is 635. The molecular weight excluding hydrogens is 335 g/mol. The summed E-state index contributed by atoms with van der Waals surface area (Å²) in [6.07, 6.45) is 0. The molecule has 0 aliphatic carbocycles. The number of carbonyl (C=O) groups excluding carboxylic acids is 1. The van der Waals surface area contributed by atoms with Crippen LogP contribution in [0.15, 0.2) is 84.9 Å². The van der Waals surface area contributed by atoms with Gasteiger partial charge in [-0.3, -0.25) is 0 Å². The van der Waals surface area contributed by atoms with Crippen molar-refractivity contribution in [1.29, 1.82) is 0 Å². The van der Waals surface area contributed by atoms with Crippen molar-refractivity contribution in [2.75, 3.05) is 0 Å². The van der Waals surface area contributed by atoms with Crippen molar-refractivity contribution < 1.29 is 4.79 Å². The number of hydrogen-bond acceptors (Lipinski definition) is 1. The van der Waals surface area contributed by atoms with E-state index in [1.807, 2.05) is 5.82 Å². The summed E-state index contributed by atoms with van der Waals surface area (Å²) in [6.45, 7) is 0. The quantitative estimate of drug-likeness (QED) is 0.481. The Morgan fingerprint density at radius 2 is 0.955 bits per heavy atom. The third kappa shape index (κ3) is 4.42. The largest absolute Gasteiger partial charge is 0.0622 e. The first-order chi connectivity index (χ1) is 10.9. The van der Waals surface area contributed by atoms with Crippen LogP contribution in [0.25, 0.3) is 22.3 Å². The van der Waals surface area contributed by atoms with Gasteiger partial charge in [-0.15, -0.1) is 0 Å². The molecule has 110 valence electrons. The Hall–Kier alpha value is -2.15. The molecule has 3 aromatic rings. The first kappa shape index (κ1) is 16.2. The molecule has 0 heterocycles. The Morgan fingerprint density at radius 3 is 1.27 bits per heavy atom. The van der Waals surface area contributed by atoms with Gasteiger partial charge < -0.3 is 0 Å². The van der Waals surface area contributed by atoms with Crippen molar-refractivity contribution >= 4 is 20.1 Å². The molecule has 0 aliphatic rings. The molecule has 0 saturated carbocycles. The SMILES string of the molecule is C[Se]C=O.c1ccc(-c2ccccc2-c2ccccc2)cc1. The van der Waals surface area contributed by atoms with Crippen LogP contribution in [-0.2, 0) is 4.79 Å². The molecule has 22 heavy (non-hydrogen) atoms. The Kier molecular flexibility index (Phi) is 6.63. The van der Waals surface area contributed by atoms with Crippen LogP contribution in [0.2, 0.25) is 5.82 Å². The van der Waals surface area contributed by atoms with Crippen LogP contribution in [0.4, 0.5) is 0 Å². The minimum absolute atomic E-state index is 0.236. The van der Waals surface area contributed by atoms with Crippen LogP contribution in [-0.4, -0.2) is 20.1 Å². The predicted octanol–water partition coefficient (Wildman–Crippen LogP) is 4.95. The van der Waals surface area contributed by atoms with Gasteiger partial charge in [-0.05, 0) is 22.3 Å². The van der Waals surface area contributed by atoms with Gasteiger partial charge in [-0.1, -0.05) is 84.9 Å². The van der Waals surface area contributed by atoms with E-state index in [0.717, 1.165) is 5.18 Å². The van der Waals surface area contributed by atoms with E-state index in [1.54, 1.807) is 0 Å². The first-order valence-corrected chi connectivity index (χ1v) is 9.73. The van der Waals surface area contributed by atoms with Crippen LogP contribution in [0.1, 0.15) is 0 Å². The molecule has 0 amide bonds. The van der Waals surface area contributed by atoms with E-state index in [4.69, 9.17) is 0 Å². The van der Waals surface area contributed by atoms with E-state index in [2.05, 4.69) is 84.9 Å². The molecule has 0 aliphatic heterocycles. The molecule has 0 fully saturated rings. The fourth-order valence-corrected chi connectivity index (χ4v) is 2.22. The monoisotopic (exact) mass is 354 g/mol. The van der Waals surface area contributed by atoms with Crippen molar-refractivity contribution in [2.45, 2.75) is 5.82 Å². The van der Waals surface area contributed by atoms with Gasteiger partial charge in [0.15, 0.2) is 0 Å². The molecule has 0 spiro atoms. The molecule has 0 aromatic heterocycles. The summed E-state index contributed by atoms with van der Waals surface area (Å²) in [5.41, 5.74) is 5.09. The molecule has 0 unspecified atom stereocenters. The van der Waals surface area contributed by atoms with Gasteiger partial charge in [0.25, 0.3) is 0 Å². The van der Waals surface area contributed by atoms with Crippen molar-refractivity contribution in [3.63, 3.8) is 0 Å². The second-order valence-corrected chi connectivity index (χ2v) is 6.00. The third-order valence-corrected chi connectivity index (χ3v) is 3.60. The number of carbonyl (C=O) groups is 1. The average molecular weight is 353 g/mol. The summed E-state index contributed by atoms with van der Waals surface area (Å²) in [7, 11) is 0. The van der Waals surface area contributed by atoms with E-state index in [9.17, 15) is 4.79 Å². The predicted molar refractivity (Wildman–Crippen MR) is 95.7 cm³/mol. The Labute approximate surface area is 138 Å². The zero-order chi connectivity index (χ0) is 15.6. The van der Waals surface area contributed by atoms with Crippen LogP contribution >= 0.6 is 0 Å². The normalized spacial score (nSPS) is 9.50. The summed E-state index contributed by atoms with van der Waals surface area (Å²) >= 11 is 0.236. The van der Waals surface area contributed by atoms with Gasteiger partial charge >= 0.3 is 30.8 Å². The molecule has 0 N–H and O–H groups in total. The molecule has 1 nitrogen and oxygen atoms in total. The summed E-state index contributed by atoms with van der Waals surface area (Å²) in [4.78, 5) is 9.20. The van der Waals surface area contributed by atoms with E-state index in [1.165, 1.54) is 22.3 Å². The molecule has 3 aromatic carbocycles. The van der Waals surface area contributed by atoms with Crippen LogP contribution in [0.3, 0.4) is 0 Å². The minimum atomic E-state index is 0.236. The average Bonchev–Trinajstić information content (AvgIpc) is 2.63. The van der Waals surface area contributed by atoms with E-state index in [0.29, 0.717) is 0 Å². The van der Waals surface area contributed by atoms with Gasteiger partial charge in [0.1, 0.15) is 0 Å². The number of rotatable bonds is 3. The molecular formula is C20H18OSe. The zero-order valence-corrected chi connectivity index (χ0v) is 14.2. The molecule has 0 bridgehead atoms. The summed E-state index contributed by atoms with van der Waals surface area (Å²) in [5, 5.41) is 0.938. The van der Waals surface area contributed by atoms with Gasteiger partial charge in [0.2, 0.25) is 0 Å². The molecule has 0 radical (unpaired) electrons. The number of benzene rings is 3. The van der Waals surface area contributed by atoms with Crippen molar-refractivity contribution in [3.8, 4) is 22.3 Å². The van der Waals surface area contributed by atoms with Crippen molar-refractivity contribution in [3.05, 3.63) is 84.9 Å². The van der Waals surface area contributed by atoms with Crippen LogP contribution in [0.5, 0.6) is 0 Å². The third-order valence-electron chi connectivity index (χ3n) is 3.19. The van der Waals surface area contributed by atoms with Gasteiger partial charge in [-0.2, -0.15) is 0 Å². The van der Waals surface area contributed by atoms with Crippen LogP contribution < -0.4 is 0 Å². The zero-order valence-electron chi connectivity index (χ0n) is 12.5. The molecule has 3 rings (SSSR count). The van der Waals surface area contributed by atoms with Crippen LogP contribution in [0, 0.1) is 0 Å². The smallest absolute Gasteiger partial charge is 0.0105 e. The second kappa shape index (κ2) is 8.99. The maximum atomic E-state index is 9.20. The van der Waals surface area contributed by atoms with Gasteiger partial charge in [0.05, 0.1) is 0 Å². The fraction of sp³-hybridized carbons (Fsp3) is 0.0500. The summed E-state index contributed by atoms with van der Waals surface area (Å²) in [5.74, 6) is 1.88. The Morgan fingerprint density at radius 1 is 0.636 bits per heavy atom. The molecule has 2 heteroatoms. The fourth-order valence-electron chi connectivity index (χ4n) is 2.22.